The largest absolute Gasteiger partial charge is 0.205 e. The van der Waals surface area contributed by atoms with E-state index >= 15 is 0 Å². The van der Waals surface area contributed by atoms with Crippen LogP contribution in [0.2, 0.25) is 0 Å². The van der Waals surface area contributed by atoms with Gasteiger partial charge in [0.1, 0.15) is 23.3 Å². The molecular formula is C20H15F2N. The van der Waals surface area contributed by atoms with Crippen LogP contribution in [0.15, 0.2) is 42.5 Å². The third kappa shape index (κ3) is 4.53. The number of benzene rings is 2. The Morgan fingerprint density at radius 3 is 2.17 bits per heavy atom. The van der Waals surface area contributed by atoms with Crippen LogP contribution in [-0.2, 0) is 0 Å². The number of allylic oxidation sites excluding steroid dienone is 1. The van der Waals surface area contributed by atoms with Crippen LogP contribution in [0.4, 0.5) is 8.78 Å². The van der Waals surface area contributed by atoms with Crippen LogP contribution in [0.3, 0.4) is 0 Å². The summed E-state index contributed by atoms with van der Waals surface area (Å²) in [4.78, 5) is 0. The molecule has 0 heterocycles. The minimum absolute atomic E-state index is 0.200. The van der Waals surface area contributed by atoms with E-state index in [2.05, 4.69) is 24.8 Å². The Bertz CT molecular complexity index is 792. The smallest absolute Gasteiger partial charge is 0.145 e. The van der Waals surface area contributed by atoms with Gasteiger partial charge in [-0.1, -0.05) is 49.5 Å². The molecule has 0 radical (unpaired) electrons. The molecule has 114 valence electrons. The molecule has 0 amide bonds. The lowest BCUT2D eigenvalue weighted by Crippen LogP contribution is -1.91. The molecule has 0 bridgehead atoms. The van der Waals surface area contributed by atoms with Crippen molar-refractivity contribution in [3.8, 4) is 17.9 Å². The van der Waals surface area contributed by atoms with E-state index in [1.54, 1.807) is 0 Å². The molecule has 0 aromatic heterocycles. The fourth-order valence-corrected chi connectivity index (χ4v) is 1.96. The first-order valence-corrected chi connectivity index (χ1v) is 7.32. The number of rotatable bonds is 3. The predicted octanol–water partition coefficient (Wildman–Crippen LogP) is 5.05. The molecule has 0 unspecified atom stereocenters. The molecule has 2 rings (SSSR count). The van der Waals surface area contributed by atoms with Crippen LogP contribution in [0.5, 0.6) is 0 Å². The van der Waals surface area contributed by atoms with Gasteiger partial charge in [-0.2, -0.15) is 5.26 Å². The summed E-state index contributed by atoms with van der Waals surface area (Å²) in [6.07, 6.45) is 6.31. The van der Waals surface area contributed by atoms with E-state index in [1.165, 1.54) is 6.07 Å². The third-order valence-electron chi connectivity index (χ3n) is 3.18. The van der Waals surface area contributed by atoms with Crippen LogP contribution in [0.1, 0.15) is 42.0 Å². The molecule has 0 atom stereocenters. The van der Waals surface area contributed by atoms with E-state index in [-0.39, 0.29) is 5.56 Å². The Morgan fingerprint density at radius 1 is 1.00 bits per heavy atom. The monoisotopic (exact) mass is 307 g/mol. The molecule has 3 heteroatoms. The van der Waals surface area contributed by atoms with E-state index in [4.69, 9.17) is 5.26 Å². The molecule has 0 saturated carbocycles. The number of hydrogen-bond donors (Lipinski definition) is 0. The molecular weight excluding hydrogens is 292 g/mol. The maximum atomic E-state index is 13.5. The van der Waals surface area contributed by atoms with E-state index in [0.29, 0.717) is 0 Å². The Balaban J connectivity index is 2.18. The first-order chi connectivity index (χ1) is 11.1. The highest BCUT2D eigenvalue weighted by molar-refractivity contribution is 5.52. The quantitative estimate of drug-likeness (QED) is 0.728. The minimum Gasteiger partial charge on any atom is -0.205 e. The molecule has 0 spiro atoms. The van der Waals surface area contributed by atoms with Gasteiger partial charge in [-0.05, 0) is 36.2 Å². The predicted molar refractivity (Wildman–Crippen MR) is 87.4 cm³/mol. The SMILES string of the molecule is CCCC=Cc1ccc(C#Cc2cc(F)c(C#N)c(F)c2)cc1. The molecule has 0 aliphatic heterocycles. The third-order valence-corrected chi connectivity index (χ3v) is 3.18. The molecule has 1 nitrogen and oxygen atoms in total. The second kappa shape index (κ2) is 7.92. The van der Waals surface area contributed by atoms with Gasteiger partial charge in [0.25, 0.3) is 0 Å². The number of halogens is 2. The van der Waals surface area contributed by atoms with Crippen molar-refractivity contribution in [2.75, 3.05) is 0 Å². The zero-order chi connectivity index (χ0) is 16.7. The molecule has 0 aliphatic rings. The zero-order valence-electron chi connectivity index (χ0n) is 12.7. The van der Waals surface area contributed by atoms with E-state index in [9.17, 15) is 8.78 Å². The van der Waals surface area contributed by atoms with Gasteiger partial charge in [-0.25, -0.2) is 8.78 Å². The Labute approximate surface area is 134 Å². The lowest BCUT2D eigenvalue weighted by Gasteiger charge is -1.97. The van der Waals surface area contributed by atoms with Crippen molar-refractivity contribution in [2.45, 2.75) is 19.8 Å². The average molecular weight is 307 g/mol. The van der Waals surface area contributed by atoms with E-state index in [0.717, 1.165) is 36.1 Å². The zero-order valence-corrected chi connectivity index (χ0v) is 12.7. The second-order valence-electron chi connectivity index (χ2n) is 4.99. The second-order valence-corrected chi connectivity index (χ2v) is 4.99. The maximum Gasteiger partial charge on any atom is 0.145 e. The van der Waals surface area contributed by atoms with Gasteiger partial charge in [0.05, 0.1) is 0 Å². The van der Waals surface area contributed by atoms with Crippen molar-refractivity contribution in [3.05, 3.63) is 76.4 Å². The summed E-state index contributed by atoms with van der Waals surface area (Å²) in [7, 11) is 0. The van der Waals surface area contributed by atoms with Crippen molar-refractivity contribution in [1.29, 1.82) is 5.26 Å². The van der Waals surface area contributed by atoms with Crippen molar-refractivity contribution >= 4 is 6.08 Å². The summed E-state index contributed by atoms with van der Waals surface area (Å²) in [6, 6.07) is 11.2. The van der Waals surface area contributed by atoms with Crippen molar-refractivity contribution in [1.82, 2.24) is 0 Å². The molecule has 2 aromatic rings. The number of nitrogens with zero attached hydrogens (tertiary/aromatic N) is 1. The Kier molecular flexibility index (Phi) is 5.67. The van der Waals surface area contributed by atoms with Gasteiger partial charge >= 0.3 is 0 Å². The topological polar surface area (TPSA) is 23.8 Å². The van der Waals surface area contributed by atoms with Gasteiger partial charge < -0.3 is 0 Å². The summed E-state index contributed by atoms with van der Waals surface area (Å²) >= 11 is 0. The number of hydrogen-bond acceptors (Lipinski definition) is 1. The molecule has 23 heavy (non-hydrogen) atoms. The lowest BCUT2D eigenvalue weighted by molar-refractivity contribution is 0.576. The number of nitriles is 1. The van der Waals surface area contributed by atoms with Gasteiger partial charge in [0, 0.05) is 11.1 Å². The van der Waals surface area contributed by atoms with Gasteiger partial charge in [0.2, 0.25) is 0 Å². The van der Waals surface area contributed by atoms with Gasteiger partial charge in [-0.15, -0.1) is 0 Å². The first-order valence-electron chi connectivity index (χ1n) is 7.32. The molecule has 2 aromatic carbocycles. The fourth-order valence-electron chi connectivity index (χ4n) is 1.96. The fraction of sp³-hybridized carbons (Fsp3) is 0.150. The average Bonchev–Trinajstić information content (AvgIpc) is 2.54. The van der Waals surface area contributed by atoms with Crippen molar-refractivity contribution < 1.29 is 8.78 Å². The Morgan fingerprint density at radius 2 is 1.61 bits per heavy atom. The molecule has 0 fully saturated rings. The molecule has 0 saturated heterocycles. The first kappa shape index (κ1) is 16.5. The highest BCUT2D eigenvalue weighted by Gasteiger charge is 2.09. The van der Waals surface area contributed by atoms with Crippen LogP contribution in [-0.4, -0.2) is 0 Å². The summed E-state index contributed by atoms with van der Waals surface area (Å²) in [5.74, 6) is 3.77. The summed E-state index contributed by atoms with van der Waals surface area (Å²) in [5.41, 5.74) is 1.45. The standard InChI is InChI=1S/C20H15F2N/c1-2-3-4-5-15-6-8-16(9-7-15)10-11-17-12-19(21)18(14-23)20(22)13-17/h4-9,12-13H,2-3H2,1H3. The van der Waals surface area contributed by atoms with Crippen molar-refractivity contribution in [2.24, 2.45) is 0 Å². The summed E-state index contributed by atoms with van der Waals surface area (Å²) < 4.78 is 27.0. The number of unbranched alkanes of at least 4 members (excludes halogenated alkanes) is 1. The van der Waals surface area contributed by atoms with Crippen LogP contribution < -0.4 is 0 Å². The van der Waals surface area contributed by atoms with E-state index < -0.39 is 17.2 Å². The van der Waals surface area contributed by atoms with E-state index in [1.807, 2.05) is 30.3 Å². The maximum absolute atomic E-state index is 13.5. The van der Waals surface area contributed by atoms with Gasteiger partial charge in [-0.3, -0.25) is 0 Å². The normalized spacial score (nSPS) is 10.2. The molecule has 0 N–H and O–H groups in total. The van der Waals surface area contributed by atoms with Crippen LogP contribution in [0, 0.1) is 34.8 Å². The Hall–Kier alpha value is -2.91. The highest BCUT2D eigenvalue weighted by Crippen LogP contribution is 2.14. The minimum atomic E-state index is -0.895. The van der Waals surface area contributed by atoms with Crippen LogP contribution >= 0.6 is 0 Å². The summed E-state index contributed by atoms with van der Waals surface area (Å²) in [5, 5.41) is 8.63. The van der Waals surface area contributed by atoms with Crippen molar-refractivity contribution in [3.63, 3.8) is 0 Å². The summed E-state index contributed by atoms with van der Waals surface area (Å²) in [6.45, 7) is 2.12. The van der Waals surface area contributed by atoms with Crippen LogP contribution in [0.25, 0.3) is 6.08 Å². The van der Waals surface area contributed by atoms with Gasteiger partial charge in [0.15, 0.2) is 0 Å². The highest BCUT2D eigenvalue weighted by atomic mass is 19.1. The lowest BCUT2D eigenvalue weighted by atomic mass is 10.1. The molecule has 0 aliphatic carbocycles.